The maximum Gasteiger partial charge on any atom is 0.169 e. The van der Waals surface area contributed by atoms with Crippen molar-refractivity contribution in [2.45, 2.75) is 0 Å². The fourth-order valence-corrected chi connectivity index (χ4v) is 0.840. The van der Waals surface area contributed by atoms with E-state index < -0.39 is 0 Å². The molecule has 0 saturated heterocycles. The summed E-state index contributed by atoms with van der Waals surface area (Å²) in [6.07, 6.45) is 6.47. The van der Waals surface area contributed by atoms with Crippen LogP contribution in [0.15, 0.2) is 40.6 Å². The van der Waals surface area contributed by atoms with Crippen molar-refractivity contribution in [1.82, 2.24) is 4.98 Å². The molecule has 1 aromatic rings. The van der Waals surface area contributed by atoms with Gasteiger partial charge >= 0.3 is 0 Å². The van der Waals surface area contributed by atoms with Crippen LogP contribution in [0.1, 0.15) is 0 Å². The molecule has 5 nitrogen and oxygen atoms in total. The van der Waals surface area contributed by atoms with Crippen molar-refractivity contribution in [3.05, 3.63) is 30.6 Å². The molecule has 0 amide bonds. The summed E-state index contributed by atoms with van der Waals surface area (Å²) >= 11 is 0. The van der Waals surface area contributed by atoms with Gasteiger partial charge in [-0.05, 0) is 12.1 Å². The quantitative estimate of drug-likeness (QED) is 0.660. The van der Waals surface area contributed by atoms with Crippen molar-refractivity contribution in [1.29, 1.82) is 0 Å². The van der Waals surface area contributed by atoms with Gasteiger partial charge in [0.1, 0.15) is 13.2 Å². The average molecular weight is 221 g/mol. The summed E-state index contributed by atoms with van der Waals surface area (Å²) in [6, 6.07) is 5.72. The SMILES string of the molecule is C1=NCCO1.C1=NCCO1.c1ccncc1. The molecule has 2 aliphatic heterocycles. The summed E-state index contributed by atoms with van der Waals surface area (Å²) in [5.74, 6) is 0. The third kappa shape index (κ3) is 7.49. The summed E-state index contributed by atoms with van der Waals surface area (Å²) in [5, 5.41) is 0. The van der Waals surface area contributed by atoms with E-state index in [1.54, 1.807) is 12.4 Å². The van der Waals surface area contributed by atoms with E-state index in [0.717, 1.165) is 26.3 Å². The Balaban J connectivity index is 0.000000121. The second-order valence-corrected chi connectivity index (χ2v) is 2.79. The maximum absolute atomic E-state index is 4.65. The number of ether oxygens (including phenoxy) is 2. The van der Waals surface area contributed by atoms with Crippen LogP contribution >= 0.6 is 0 Å². The summed E-state index contributed by atoms with van der Waals surface area (Å²) < 4.78 is 9.31. The molecule has 0 radical (unpaired) electrons. The normalized spacial score (nSPS) is 15.0. The van der Waals surface area contributed by atoms with Crippen molar-refractivity contribution in [3.8, 4) is 0 Å². The van der Waals surface area contributed by atoms with E-state index >= 15 is 0 Å². The van der Waals surface area contributed by atoms with E-state index in [1.165, 1.54) is 12.8 Å². The molecule has 0 atom stereocenters. The Kier molecular flexibility index (Phi) is 7.33. The monoisotopic (exact) mass is 221 g/mol. The molecule has 0 unspecified atom stereocenters. The molecule has 0 spiro atoms. The van der Waals surface area contributed by atoms with Crippen LogP contribution in [0.4, 0.5) is 0 Å². The summed E-state index contributed by atoms with van der Waals surface area (Å²) in [5.41, 5.74) is 0. The Morgan fingerprint density at radius 1 is 0.750 bits per heavy atom. The Hall–Kier alpha value is -1.91. The van der Waals surface area contributed by atoms with Gasteiger partial charge in [0, 0.05) is 12.4 Å². The smallest absolute Gasteiger partial charge is 0.169 e. The number of nitrogens with zero attached hydrogens (tertiary/aromatic N) is 3. The van der Waals surface area contributed by atoms with Gasteiger partial charge in [-0.15, -0.1) is 0 Å². The van der Waals surface area contributed by atoms with E-state index in [2.05, 4.69) is 24.4 Å². The highest BCUT2D eigenvalue weighted by Gasteiger charge is 1.85. The molecule has 5 heteroatoms. The topological polar surface area (TPSA) is 56.1 Å². The van der Waals surface area contributed by atoms with Gasteiger partial charge in [-0.2, -0.15) is 0 Å². The van der Waals surface area contributed by atoms with Crippen LogP contribution in [0.5, 0.6) is 0 Å². The van der Waals surface area contributed by atoms with Crippen molar-refractivity contribution in [3.63, 3.8) is 0 Å². The zero-order chi connectivity index (χ0) is 11.3. The van der Waals surface area contributed by atoms with E-state index in [0.29, 0.717) is 0 Å². The van der Waals surface area contributed by atoms with Crippen LogP contribution in [-0.4, -0.2) is 44.1 Å². The van der Waals surface area contributed by atoms with Gasteiger partial charge in [-0.25, -0.2) is 0 Å². The molecule has 0 aromatic carbocycles. The third-order valence-electron chi connectivity index (χ3n) is 1.54. The molecule has 0 fully saturated rings. The first-order valence-electron chi connectivity index (χ1n) is 5.05. The molecule has 2 aliphatic rings. The van der Waals surface area contributed by atoms with E-state index in [4.69, 9.17) is 0 Å². The largest absolute Gasteiger partial charge is 0.482 e. The maximum atomic E-state index is 4.65. The number of rotatable bonds is 0. The molecule has 3 heterocycles. The van der Waals surface area contributed by atoms with Gasteiger partial charge in [0.15, 0.2) is 12.8 Å². The first kappa shape index (κ1) is 12.2. The minimum atomic E-state index is 0.778. The number of aromatic nitrogens is 1. The predicted molar refractivity (Wildman–Crippen MR) is 62.9 cm³/mol. The minimum Gasteiger partial charge on any atom is -0.482 e. The van der Waals surface area contributed by atoms with Gasteiger partial charge in [-0.1, -0.05) is 6.07 Å². The van der Waals surface area contributed by atoms with Gasteiger partial charge in [-0.3, -0.25) is 15.0 Å². The molecule has 1 aromatic heterocycles. The van der Waals surface area contributed by atoms with Gasteiger partial charge in [0.05, 0.1) is 13.1 Å². The zero-order valence-corrected chi connectivity index (χ0v) is 9.03. The van der Waals surface area contributed by atoms with E-state index in [-0.39, 0.29) is 0 Å². The first-order valence-corrected chi connectivity index (χ1v) is 5.05. The number of aliphatic imine (C=N–C) groups is 2. The van der Waals surface area contributed by atoms with Crippen LogP contribution in [0, 0.1) is 0 Å². The molecule has 0 aliphatic carbocycles. The molecule has 86 valence electrons. The highest BCUT2D eigenvalue weighted by Crippen LogP contribution is 1.79. The minimum absolute atomic E-state index is 0.778. The summed E-state index contributed by atoms with van der Waals surface area (Å²) in [6.45, 7) is 3.25. The van der Waals surface area contributed by atoms with Crippen LogP contribution in [-0.2, 0) is 9.47 Å². The standard InChI is InChI=1S/C5H5N.2C3H5NO/c1-2-4-6-5-3-1;2*1-2-5-3-4-1/h1-5H;2*3H,1-2H2. The second kappa shape index (κ2) is 9.64. The lowest BCUT2D eigenvalue weighted by atomic mass is 10.5. The fourth-order valence-electron chi connectivity index (χ4n) is 0.840. The molecule has 3 rings (SSSR count). The lowest BCUT2D eigenvalue weighted by molar-refractivity contribution is 0.361. The van der Waals surface area contributed by atoms with Gasteiger partial charge < -0.3 is 9.47 Å². The van der Waals surface area contributed by atoms with Crippen LogP contribution < -0.4 is 0 Å². The lowest BCUT2D eigenvalue weighted by Gasteiger charge is -1.76. The molecule has 0 bridgehead atoms. The molecular weight excluding hydrogens is 206 g/mol. The Morgan fingerprint density at radius 2 is 1.31 bits per heavy atom. The van der Waals surface area contributed by atoms with Crippen LogP contribution in [0.3, 0.4) is 0 Å². The average Bonchev–Trinajstić information content (AvgIpc) is 3.10. The van der Waals surface area contributed by atoms with E-state index in [9.17, 15) is 0 Å². The number of hydrogen-bond donors (Lipinski definition) is 0. The number of hydrogen-bond acceptors (Lipinski definition) is 5. The van der Waals surface area contributed by atoms with E-state index in [1.807, 2.05) is 18.2 Å². The Bertz CT molecular complexity index is 247. The van der Waals surface area contributed by atoms with Crippen molar-refractivity contribution in [2.24, 2.45) is 9.98 Å². The Morgan fingerprint density at radius 3 is 1.44 bits per heavy atom. The summed E-state index contributed by atoms with van der Waals surface area (Å²) in [4.78, 5) is 11.3. The predicted octanol–water partition coefficient (Wildman–Crippen LogP) is 1.17. The summed E-state index contributed by atoms with van der Waals surface area (Å²) in [7, 11) is 0. The van der Waals surface area contributed by atoms with Crippen molar-refractivity contribution in [2.75, 3.05) is 26.3 Å². The molecule has 16 heavy (non-hydrogen) atoms. The lowest BCUT2D eigenvalue weighted by Crippen LogP contribution is -1.80. The van der Waals surface area contributed by atoms with Crippen LogP contribution in [0.25, 0.3) is 0 Å². The first-order chi connectivity index (χ1) is 8.00. The molecule has 0 saturated carbocycles. The van der Waals surface area contributed by atoms with Crippen molar-refractivity contribution >= 4 is 12.8 Å². The second-order valence-electron chi connectivity index (χ2n) is 2.79. The van der Waals surface area contributed by atoms with Crippen LogP contribution in [0.2, 0.25) is 0 Å². The third-order valence-corrected chi connectivity index (χ3v) is 1.54. The molecule has 0 N–H and O–H groups in total. The van der Waals surface area contributed by atoms with Crippen molar-refractivity contribution < 1.29 is 9.47 Å². The number of pyridine rings is 1. The zero-order valence-electron chi connectivity index (χ0n) is 9.03. The highest BCUT2D eigenvalue weighted by atomic mass is 16.5. The Labute approximate surface area is 94.9 Å². The van der Waals surface area contributed by atoms with Gasteiger partial charge in [0.25, 0.3) is 0 Å². The fraction of sp³-hybridized carbons (Fsp3) is 0.364. The molecular formula is C11H15N3O2. The highest BCUT2D eigenvalue weighted by molar-refractivity contribution is 5.48. The van der Waals surface area contributed by atoms with Gasteiger partial charge in [0.2, 0.25) is 0 Å².